The van der Waals surface area contributed by atoms with E-state index < -0.39 is 0 Å². The molecule has 5 heteroatoms. The molecule has 0 aromatic heterocycles. The van der Waals surface area contributed by atoms with E-state index in [2.05, 4.69) is 15.9 Å². The van der Waals surface area contributed by atoms with E-state index in [4.69, 9.17) is 33.2 Å². The fourth-order valence-electron chi connectivity index (χ4n) is 1.70. The SMILES string of the molecule is N#C/C=C/c1cc(Br)ccc1OCc1ccc(Cl)c(Cl)c1. The molecule has 0 aliphatic rings. The summed E-state index contributed by atoms with van der Waals surface area (Å²) in [5, 5.41) is 9.65. The van der Waals surface area contributed by atoms with Gasteiger partial charge in [0.15, 0.2) is 0 Å². The molecule has 2 nitrogen and oxygen atoms in total. The summed E-state index contributed by atoms with van der Waals surface area (Å²) in [5.74, 6) is 0.691. The van der Waals surface area contributed by atoms with Crippen LogP contribution >= 0.6 is 39.1 Å². The third-order valence-corrected chi connectivity index (χ3v) is 3.92. The molecule has 0 aliphatic carbocycles. The highest BCUT2D eigenvalue weighted by atomic mass is 79.9. The van der Waals surface area contributed by atoms with E-state index in [1.807, 2.05) is 30.3 Å². The van der Waals surface area contributed by atoms with Gasteiger partial charge < -0.3 is 4.74 Å². The predicted molar refractivity (Wildman–Crippen MR) is 89.6 cm³/mol. The average Bonchev–Trinajstić information content (AvgIpc) is 2.47. The second kappa shape index (κ2) is 7.51. The first-order chi connectivity index (χ1) is 10.1. The molecule has 0 N–H and O–H groups in total. The summed E-state index contributed by atoms with van der Waals surface area (Å²) in [6, 6.07) is 12.9. The predicted octanol–water partition coefficient (Wildman–Crippen LogP) is 5.87. The molecule has 0 bridgehead atoms. The smallest absolute Gasteiger partial charge is 0.127 e. The number of nitriles is 1. The van der Waals surface area contributed by atoms with E-state index in [9.17, 15) is 0 Å². The number of hydrogen-bond donors (Lipinski definition) is 0. The topological polar surface area (TPSA) is 33.0 Å². The molecule has 0 saturated heterocycles. The van der Waals surface area contributed by atoms with E-state index in [1.165, 1.54) is 6.08 Å². The van der Waals surface area contributed by atoms with Gasteiger partial charge >= 0.3 is 0 Å². The van der Waals surface area contributed by atoms with Crippen molar-refractivity contribution in [1.82, 2.24) is 0 Å². The van der Waals surface area contributed by atoms with Crippen LogP contribution in [0.3, 0.4) is 0 Å². The highest BCUT2D eigenvalue weighted by molar-refractivity contribution is 9.10. The van der Waals surface area contributed by atoms with Crippen molar-refractivity contribution in [2.75, 3.05) is 0 Å². The molecule has 106 valence electrons. The first-order valence-electron chi connectivity index (χ1n) is 6.02. The second-order valence-corrected chi connectivity index (χ2v) is 5.91. The number of halogens is 3. The Kier molecular flexibility index (Phi) is 5.69. The molecule has 0 amide bonds. The lowest BCUT2D eigenvalue weighted by atomic mass is 10.2. The van der Waals surface area contributed by atoms with Crippen molar-refractivity contribution < 1.29 is 4.74 Å². The Morgan fingerprint density at radius 2 is 1.95 bits per heavy atom. The van der Waals surface area contributed by atoms with Crippen LogP contribution < -0.4 is 4.74 Å². The lowest BCUT2D eigenvalue weighted by Crippen LogP contribution is -1.97. The Morgan fingerprint density at radius 3 is 2.67 bits per heavy atom. The van der Waals surface area contributed by atoms with E-state index in [0.29, 0.717) is 22.4 Å². The van der Waals surface area contributed by atoms with Crippen molar-refractivity contribution in [3.05, 3.63) is 68.1 Å². The standard InChI is InChI=1S/C16H10BrCl2NO/c17-13-4-6-16(12(9-13)2-1-7-20)21-10-11-3-5-14(18)15(19)8-11/h1-6,8-9H,10H2/b2-1+. The molecule has 0 fully saturated rings. The number of benzene rings is 2. The zero-order valence-corrected chi connectivity index (χ0v) is 13.9. The van der Waals surface area contributed by atoms with Gasteiger partial charge in [-0.1, -0.05) is 45.2 Å². The van der Waals surface area contributed by atoms with Gasteiger partial charge in [-0.3, -0.25) is 0 Å². The van der Waals surface area contributed by atoms with Crippen LogP contribution in [-0.2, 0) is 6.61 Å². The minimum absolute atomic E-state index is 0.367. The zero-order valence-electron chi connectivity index (χ0n) is 10.8. The van der Waals surface area contributed by atoms with Crippen LogP contribution in [0.2, 0.25) is 10.0 Å². The van der Waals surface area contributed by atoms with Crippen LogP contribution in [-0.4, -0.2) is 0 Å². The Bertz CT molecular complexity index is 723. The molecule has 0 unspecified atom stereocenters. The van der Waals surface area contributed by atoms with E-state index in [-0.39, 0.29) is 0 Å². The number of hydrogen-bond acceptors (Lipinski definition) is 2. The van der Waals surface area contributed by atoms with Crippen LogP contribution in [0.4, 0.5) is 0 Å². The molecule has 0 spiro atoms. The first-order valence-corrected chi connectivity index (χ1v) is 7.57. The van der Waals surface area contributed by atoms with E-state index in [0.717, 1.165) is 15.6 Å². The maximum atomic E-state index is 8.64. The fraction of sp³-hybridized carbons (Fsp3) is 0.0625. The van der Waals surface area contributed by atoms with Gasteiger partial charge in [-0.25, -0.2) is 0 Å². The molecular weight excluding hydrogens is 373 g/mol. The zero-order chi connectivity index (χ0) is 15.2. The lowest BCUT2D eigenvalue weighted by molar-refractivity contribution is 0.305. The quantitative estimate of drug-likeness (QED) is 0.619. The third-order valence-electron chi connectivity index (χ3n) is 2.69. The average molecular weight is 383 g/mol. The second-order valence-electron chi connectivity index (χ2n) is 4.18. The minimum Gasteiger partial charge on any atom is -0.488 e. The number of allylic oxidation sites excluding steroid dienone is 1. The highest BCUT2D eigenvalue weighted by Crippen LogP contribution is 2.27. The molecule has 0 radical (unpaired) electrons. The van der Waals surface area contributed by atoms with Crippen molar-refractivity contribution in [2.24, 2.45) is 0 Å². The van der Waals surface area contributed by atoms with Gasteiger partial charge in [0, 0.05) is 16.1 Å². The molecule has 0 heterocycles. The van der Waals surface area contributed by atoms with Gasteiger partial charge in [0.05, 0.1) is 16.1 Å². The Labute approximate surface area is 141 Å². The van der Waals surface area contributed by atoms with Gasteiger partial charge in [-0.05, 0) is 42.0 Å². The molecule has 21 heavy (non-hydrogen) atoms. The van der Waals surface area contributed by atoms with Gasteiger partial charge in [-0.2, -0.15) is 5.26 Å². The first kappa shape index (κ1) is 15.9. The maximum Gasteiger partial charge on any atom is 0.127 e. The molecule has 2 rings (SSSR count). The summed E-state index contributed by atoms with van der Waals surface area (Å²) in [6.45, 7) is 0.367. The van der Waals surface area contributed by atoms with Crippen molar-refractivity contribution >= 4 is 45.2 Å². The van der Waals surface area contributed by atoms with Crippen molar-refractivity contribution in [3.63, 3.8) is 0 Å². The van der Waals surface area contributed by atoms with Crippen LogP contribution in [0.25, 0.3) is 6.08 Å². The molecular formula is C16H10BrCl2NO. The van der Waals surface area contributed by atoms with Gasteiger partial charge in [-0.15, -0.1) is 0 Å². The molecule has 0 aliphatic heterocycles. The monoisotopic (exact) mass is 381 g/mol. The summed E-state index contributed by atoms with van der Waals surface area (Å²) in [5.41, 5.74) is 1.74. The third kappa shape index (κ3) is 4.50. The number of rotatable bonds is 4. The Hall–Kier alpha value is -1.47. The largest absolute Gasteiger partial charge is 0.488 e. The van der Waals surface area contributed by atoms with E-state index in [1.54, 1.807) is 18.2 Å². The number of ether oxygens (including phenoxy) is 1. The maximum absolute atomic E-state index is 8.64. The van der Waals surface area contributed by atoms with Gasteiger partial charge in [0.1, 0.15) is 12.4 Å². The van der Waals surface area contributed by atoms with Crippen LogP contribution in [0.1, 0.15) is 11.1 Å². The summed E-state index contributed by atoms with van der Waals surface area (Å²) in [6.07, 6.45) is 3.11. The Balaban J connectivity index is 2.17. The van der Waals surface area contributed by atoms with Crippen molar-refractivity contribution in [2.45, 2.75) is 6.61 Å². The number of nitrogens with zero attached hydrogens (tertiary/aromatic N) is 1. The minimum atomic E-state index is 0.367. The molecule has 2 aromatic carbocycles. The van der Waals surface area contributed by atoms with Crippen molar-refractivity contribution in [1.29, 1.82) is 5.26 Å². The summed E-state index contributed by atoms with van der Waals surface area (Å²) >= 11 is 15.3. The van der Waals surface area contributed by atoms with Gasteiger partial charge in [0.25, 0.3) is 0 Å². The van der Waals surface area contributed by atoms with E-state index >= 15 is 0 Å². The summed E-state index contributed by atoms with van der Waals surface area (Å²) in [7, 11) is 0. The lowest BCUT2D eigenvalue weighted by Gasteiger charge is -2.10. The molecule has 2 aromatic rings. The highest BCUT2D eigenvalue weighted by Gasteiger charge is 2.04. The fourth-order valence-corrected chi connectivity index (χ4v) is 2.40. The van der Waals surface area contributed by atoms with Crippen LogP contribution in [0.5, 0.6) is 5.75 Å². The summed E-state index contributed by atoms with van der Waals surface area (Å²) in [4.78, 5) is 0. The Morgan fingerprint density at radius 1 is 1.14 bits per heavy atom. The van der Waals surface area contributed by atoms with Crippen LogP contribution in [0.15, 0.2) is 46.9 Å². The summed E-state index contributed by atoms with van der Waals surface area (Å²) < 4.78 is 6.71. The normalized spacial score (nSPS) is 10.6. The van der Waals surface area contributed by atoms with Gasteiger partial charge in [0.2, 0.25) is 0 Å². The van der Waals surface area contributed by atoms with Crippen molar-refractivity contribution in [3.8, 4) is 11.8 Å². The van der Waals surface area contributed by atoms with Crippen LogP contribution in [0, 0.1) is 11.3 Å². The molecule has 0 atom stereocenters. The molecule has 0 saturated carbocycles.